The van der Waals surface area contributed by atoms with Gasteiger partial charge in [0.05, 0.1) is 0 Å². The molecule has 0 saturated carbocycles. The van der Waals surface area contributed by atoms with Gasteiger partial charge >= 0.3 is 0 Å². The molecule has 0 bridgehead atoms. The lowest BCUT2D eigenvalue weighted by Crippen LogP contribution is -2.12. The van der Waals surface area contributed by atoms with Crippen molar-refractivity contribution >= 4 is 15.9 Å². The Kier molecular flexibility index (Phi) is 2.49. The Balaban J connectivity index is 2.55. The van der Waals surface area contributed by atoms with Crippen LogP contribution in [-0.2, 0) is 0 Å². The van der Waals surface area contributed by atoms with E-state index < -0.39 is 0 Å². The van der Waals surface area contributed by atoms with Crippen molar-refractivity contribution in [2.75, 3.05) is 6.54 Å². The summed E-state index contributed by atoms with van der Waals surface area (Å²) in [6.45, 7) is 0.749. The Morgan fingerprint density at radius 1 is 1.78 bits per heavy atom. The van der Waals surface area contributed by atoms with Gasteiger partial charge in [0.25, 0.3) is 0 Å². The Hall–Kier alpha value is -0.0800. The van der Waals surface area contributed by atoms with Crippen LogP contribution in [0.2, 0.25) is 0 Å². The summed E-state index contributed by atoms with van der Waals surface area (Å²) in [5.41, 5.74) is 5.47. The fourth-order valence-corrected chi connectivity index (χ4v) is 1.43. The molecule has 50 valence electrons. The van der Waals surface area contributed by atoms with Crippen LogP contribution in [0.3, 0.4) is 0 Å². The lowest BCUT2D eigenvalue weighted by Gasteiger charge is -2.10. The maximum absolute atomic E-state index is 5.47. The van der Waals surface area contributed by atoms with Gasteiger partial charge in [0.15, 0.2) is 0 Å². The molecule has 0 fully saturated rings. The third-order valence-electron chi connectivity index (χ3n) is 1.41. The molecule has 0 aromatic rings. The first-order valence-electron chi connectivity index (χ1n) is 3.07. The van der Waals surface area contributed by atoms with Gasteiger partial charge in [0.2, 0.25) is 0 Å². The van der Waals surface area contributed by atoms with Crippen molar-refractivity contribution in [3.63, 3.8) is 0 Å². The smallest absolute Gasteiger partial charge is 0.0135 e. The molecule has 0 radical (unpaired) electrons. The Morgan fingerprint density at radius 2 is 2.56 bits per heavy atom. The van der Waals surface area contributed by atoms with E-state index in [9.17, 15) is 0 Å². The van der Waals surface area contributed by atoms with Gasteiger partial charge in [0, 0.05) is 4.48 Å². The second-order valence-electron chi connectivity index (χ2n) is 2.19. The summed E-state index contributed by atoms with van der Waals surface area (Å²) < 4.78 is 1.16. The topological polar surface area (TPSA) is 26.0 Å². The highest BCUT2D eigenvalue weighted by Gasteiger charge is 2.04. The number of rotatable bonds is 1. The number of hydrogen-bond acceptors (Lipinski definition) is 1. The summed E-state index contributed by atoms with van der Waals surface area (Å²) in [5.74, 6) is 0.546. The molecule has 1 atom stereocenters. The van der Waals surface area contributed by atoms with E-state index >= 15 is 0 Å². The second kappa shape index (κ2) is 3.18. The zero-order valence-corrected chi connectivity index (χ0v) is 6.76. The number of allylic oxidation sites excluding steroid dienone is 3. The molecular formula is C7H10BrN. The van der Waals surface area contributed by atoms with Crippen LogP contribution in [0.15, 0.2) is 22.7 Å². The molecule has 9 heavy (non-hydrogen) atoms. The first kappa shape index (κ1) is 7.03. The van der Waals surface area contributed by atoms with Crippen LogP contribution in [0.1, 0.15) is 6.42 Å². The lowest BCUT2D eigenvalue weighted by atomic mass is 10.0. The molecule has 2 N–H and O–H groups in total. The minimum atomic E-state index is 0.546. The van der Waals surface area contributed by atoms with E-state index in [1.807, 2.05) is 0 Å². The lowest BCUT2D eigenvalue weighted by molar-refractivity contribution is 0.668. The predicted molar refractivity (Wildman–Crippen MR) is 43.3 cm³/mol. The average Bonchev–Trinajstić information content (AvgIpc) is 1.88. The van der Waals surface area contributed by atoms with E-state index in [-0.39, 0.29) is 0 Å². The van der Waals surface area contributed by atoms with Crippen LogP contribution < -0.4 is 5.73 Å². The summed E-state index contributed by atoms with van der Waals surface area (Å²) >= 11 is 3.39. The molecule has 1 aliphatic carbocycles. The van der Waals surface area contributed by atoms with Gasteiger partial charge in [-0.2, -0.15) is 0 Å². The molecule has 0 saturated heterocycles. The number of halogens is 1. The van der Waals surface area contributed by atoms with Crippen molar-refractivity contribution < 1.29 is 0 Å². The van der Waals surface area contributed by atoms with Gasteiger partial charge in [-0.05, 0) is 18.9 Å². The van der Waals surface area contributed by atoms with Crippen LogP contribution in [0, 0.1) is 5.92 Å². The largest absolute Gasteiger partial charge is 0.330 e. The van der Waals surface area contributed by atoms with Gasteiger partial charge in [-0.3, -0.25) is 0 Å². The SMILES string of the molecule is NCC1C=C(Br)C=CC1. The Labute approximate surface area is 63.8 Å². The first-order valence-corrected chi connectivity index (χ1v) is 3.86. The summed E-state index contributed by atoms with van der Waals surface area (Å²) in [6.07, 6.45) is 7.44. The van der Waals surface area contributed by atoms with E-state index in [4.69, 9.17) is 5.73 Å². The van der Waals surface area contributed by atoms with Crippen molar-refractivity contribution in [3.05, 3.63) is 22.7 Å². The van der Waals surface area contributed by atoms with Gasteiger partial charge in [-0.25, -0.2) is 0 Å². The highest BCUT2D eigenvalue weighted by Crippen LogP contribution is 2.19. The van der Waals surface area contributed by atoms with Crippen molar-refractivity contribution in [2.24, 2.45) is 11.7 Å². The third kappa shape index (κ3) is 1.95. The van der Waals surface area contributed by atoms with Crippen LogP contribution in [0.4, 0.5) is 0 Å². The second-order valence-corrected chi connectivity index (χ2v) is 3.10. The summed E-state index contributed by atoms with van der Waals surface area (Å²) in [6, 6.07) is 0. The molecule has 0 amide bonds. The van der Waals surface area contributed by atoms with Gasteiger partial charge in [-0.15, -0.1) is 0 Å². The van der Waals surface area contributed by atoms with E-state index in [0.717, 1.165) is 17.4 Å². The zero-order chi connectivity index (χ0) is 6.69. The molecule has 0 aromatic carbocycles. The van der Waals surface area contributed by atoms with Crippen molar-refractivity contribution in [1.82, 2.24) is 0 Å². The van der Waals surface area contributed by atoms with Crippen molar-refractivity contribution in [2.45, 2.75) is 6.42 Å². The molecule has 0 spiro atoms. The Bertz CT molecular complexity index is 149. The maximum atomic E-state index is 5.47. The van der Waals surface area contributed by atoms with Crippen LogP contribution in [0.5, 0.6) is 0 Å². The molecule has 1 unspecified atom stereocenters. The molecule has 1 aliphatic rings. The Morgan fingerprint density at radius 3 is 3.00 bits per heavy atom. The zero-order valence-electron chi connectivity index (χ0n) is 5.18. The maximum Gasteiger partial charge on any atom is 0.0135 e. The van der Waals surface area contributed by atoms with Crippen LogP contribution in [0.25, 0.3) is 0 Å². The average molecular weight is 188 g/mol. The van der Waals surface area contributed by atoms with Crippen molar-refractivity contribution in [1.29, 1.82) is 0 Å². The van der Waals surface area contributed by atoms with E-state index in [1.54, 1.807) is 0 Å². The molecule has 1 rings (SSSR count). The fourth-order valence-electron chi connectivity index (χ4n) is 0.868. The van der Waals surface area contributed by atoms with Crippen molar-refractivity contribution in [3.8, 4) is 0 Å². The third-order valence-corrected chi connectivity index (χ3v) is 1.94. The van der Waals surface area contributed by atoms with Crippen LogP contribution >= 0.6 is 15.9 Å². The minimum Gasteiger partial charge on any atom is -0.330 e. The number of hydrogen-bond donors (Lipinski definition) is 1. The van der Waals surface area contributed by atoms with E-state index in [1.165, 1.54) is 0 Å². The summed E-state index contributed by atoms with van der Waals surface area (Å²) in [7, 11) is 0. The molecule has 2 heteroatoms. The fraction of sp³-hybridized carbons (Fsp3) is 0.429. The van der Waals surface area contributed by atoms with E-state index in [0.29, 0.717) is 5.92 Å². The van der Waals surface area contributed by atoms with E-state index in [2.05, 4.69) is 34.2 Å². The highest BCUT2D eigenvalue weighted by atomic mass is 79.9. The molecular weight excluding hydrogens is 178 g/mol. The monoisotopic (exact) mass is 187 g/mol. The standard InChI is InChI=1S/C7H10BrN/c8-7-3-1-2-6(4-7)5-9/h1,3-4,6H,2,5,9H2. The first-order chi connectivity index (χ1) is 4.33. The van der Waals surface area contributed by atoms with Crippen LogP contribution in [-0.4, -0.2) is 6.54 Å². The minimum absolute atomic E-state index is 0.546. The summed E-state index contributed by atoms with van der Waals surface area (Å²) in [4.78, 5) is 0. The van der Waals surface area contributed by atoms with Gasteiger partial charge in [0.1, 0.15) is 0 Å². The summed E-state index contributed by atoms with van der Waals surface area (Å²) in [5, 5.41) is 0. The predicted octanol–water partition coefficient (Wildman–Crippen LogP) is 1.80. The quantitative estimate of drug-likeness (QED) is 0.667. The normalized spacial score (nSPS) is 26.0. The highest BCUT2D eigenvalue weighted by molar-refractivity contribution is 9.11. The van der Waals surface area contributed by atoms with Gasteiger partial charge < -0.3 is 5.73 Å². The molecule has 0 aromatic heterocycles. The molecule has 0 heterocycles. The molecule has 1 nitrogen and oxygen atoms in total. The van der Waals surface area contributed by atoms with Gasteiger partial charge in [-0.1, -0.05) is 34.2 Å². The number of nitrogens with two attached hydrogens (primary N) is 1. The molecule has 0 aliphatic heterocycles.